The highest BCUT2D eigenvalue weighted by Gasteiger charge is 2.20. The standard InChI is InChI=1S/C15H23FN2O/c1-18(11-7-5-3-4-6-8-11)14-10-15(19-2)12(16)9-13(14)17/h9-11H,3-8,17H2,1-2H3. The highest BCUT2D eigenvalue weighted by Crippen LogP contribution is 2.33. The number of rotatable bonds is 3. The van der Waals surface area contributed by atoms with E-state index in [2.05, 4.69) is 4.90 Å². The summed E-state index contributed by atoms with van der Waals surface area (Å²) in [4.78, 5) is 2.18. The molecule has 0 amide bonds. The molecule has 1 fully saturated rings. The zero-order chi connectivity index (χ0) is 13.8. The van der Waals surface area contributed by atoms with Crippen LogP contribution >= 0.6 is 0 Å². The third-order valence-electron chi connectivity index (χ3n) is 4.05. The lowest BCUT2D eigenvalue weighted by Crippen LogP contribution is -2.31. The second kappa shape index (κ2) is 6.13. The average Bonchev–Trinajstić information content (AvgIpc) is 2.67. The predicted octanol–water partition coefficient (Wildman–Crippen LogP) is 3.58. The molecule has 0 unspecified atom stereocenters. The van der Waals surface area contributed by atoms with Crippen LogP contribution < -0.4 is 15.4 Å². The smallest absolute Gasteiger partial charge is 0.167 e. The summed E-state index contributed by atoms with van der Waals surface area (Å²) in [7, 11) is 3.52. The topological polar surface area (TPSA) is 38.5 Å². The van der Waals surface area contributed by atoms with E-state index >= 15 is 0 Å². The monoisotopic (exact) mass is 266 g/mol. The van der Waals surface area contributed by atoms with E-state index in [1.807, 2.05) is 7.05 Å². The molecule has 0 heterocycles. The Morgan fingerprint density at radius 2 is 1.84 bits per heavy atom. The number of nitrogens with zero attached hydrogens (tertiary/aromatic N) is 1. The first-order chi connectivity index (χ1) is 9.13. The second-order valence-corrected chi connectivity index (χ2v) is 5.30. The highest BCUT2D eigenvalue weighted by molar-refractivity contribution is 5.70. The van der Waals surface area contributed by atoms with Gasteiger partial charge in [0.05, 0.1) is 18.5 Å². The number of ether oxygens (including phenoxy) is 1. The Hall–Kier alpha value is -1.45. The molecule has 0 spiro atoms. The molecule has 1 aromatic carbocycles. The molecule has 1 aliphatic rings. The number of hydrogen-bond acceptors (Lipinski definition) is 3. The van der Waals surface area contributed by atoms with Crippen LogP contribution in [0, 0.1) is 5.82 Å². The van der Waals surface area contributed by atoms with Crippen molar-refractivity contribution in [3.63, 3.8) is 0 Å². The Bertz CT molecular complexity index is 428. The Morgan fingerprint density at radius 1 is 1.21 bits per heavy atom. The lowest BCUT2D eigenvalue weighted by atomic mass is 10.1. The number of anilines is 2. The molecule has 0 aliphatic heterocycles. The van der Waals surface area contributed by atoms with Gasteiger partial charge in [-0.1, -0.05) is 25.7 Å². The summed E-state index contributed by atoms with van der Waals surface area (Å²) in [5.74, 6) is -0.150. The molecule has 2 rings (SSSR count). The molecule has 0 bridgehead atoms. The van der Waals surface area contributed by atoms with Gasteiger partial charge < -0.3 is 15.4 Å². The second-order valence-electron chi connectivity index (χ2n) is 5.30. The Labute approximate surface area is 114 Å². The van der Waals surface area contributed by atoms with Crippen molar-refractivity contribution in [1.82, 2.24) is 0 Å². The van der Waals surface area contributed by atoms with Gasteiger partial charge in [-0.15, -0.1) is 0 Å². The fourth-order valence-electron chi connectivity index (χ4n) is 2.86. The zero-order valence-corrected chi connectivity index (χ0v) is 11.8. The fourth-order valence-corrected chi connectivity index (χ4v) is 2.86. The largest absolute Gasteiger partial charge is 0.494 e. The zero-order valence-electron chi connectivity index (χ0n) is 11.8. The van der Waals surface area contributed by atoms with Crippen molar-refractivity contribution in [3.05, 3.63) is 17.9 Å². The molecular formula is C15H23FN2O. The number of halogens is 1. The Kier molecular flexibility index (Phi) is 4.51. The normalized spacial score (nSPS) is 17.0. The molecule has 0 aromatic heterocycles. The number of methoxy groups -OCH3 is 1. The van der Waals surface area contributed by atoms with Crippen molar-refractivity contribution in [2.24, 2.45) is 0 Å². The highest BCUT2D eigenvalue weighted by atomic mass is 19.1. The first kappa shape index (κ1) is 14.0. The molecular weight excluding hydrogens is 243 g/mol. The van der Waals surface area contributed by atoms with Gasteiger partial charge in [-0.25, -0.2) is 4.39 Å². The van der Waals surface area contributed by atoms with Crippen LogP contribution in [-0.2, 0) is 0 Å². The minimum absolute atomic E-state index is 0.254. The molecule has 0 radical (unpaired) electrons. The van der Waals surface area contributed by atoms with Gasteiger partial charge in [0.15, 0.2) is 11.6 Å². The number of hydrogen-bond donors (Lipinski definition) is 1. The van der Waals surface area contributed by atoms with Crippen molar-refractivity contribution in [1.29, 1.82) is 0 Å². The lowest BCUT2D eigenvalue weighted by Gasteiger charge is -2.30. The minimum atomic E-state index is -0.405. The van der Waals surface area contributed by atoms with Crippen LogP contribution in [0.1, 0.15) is 38.5 Å². The molecule has 3 nitrogen and oxygen atoms in total. The van der Waals surface area contributed by atoms with E-state index in [4.69, 9.17) is 10.5 Å². The van der Waals surface area contributed by atoms with Gasteiger partial charge in [0.2, 0.25) is 0 Å². The summed E-state index contributed by atoms with van der Waals surface area (Å²) in [6, 6.07) is 3.54. The van der Waals surface area contributed by atoms with Gasteiger partial charge in [0.1, 0.15) is 0 Å². The van der Waals surface area contributed by atoms with Crippen molar-refractivity contribution in [3.8, 4) is 5.75 Å². The third kappa shape index (κ3) is 3.11. The van der Waals surface area contributed by atoms with Gasteiger partial charge in [0.25, 0.3) is 0 Å². The van der Waals surface area contributed by atoms with Crippen LogP contribution in [0.15, 0.2) is 12.1 Å². The molecule has 19 heavy (non-hydrogen) atoms. The first-order valence-corrected chi connectivity index (χ1v) is 6.99. The van der Waals surface area contributed by atoms with Gasteiger partial charge >= 0.3 is 0 Å². The summed E-state index contributed by atoms with van der Waals surface area (Å²) < 4.78 is 18.6. The van der Waals surface area contributed by atoms with Gasteiger partial charge in [-0.05, 0) is 12.8 Å². The summed E-state index contributed by atoms with van der Waals surface area (Å²) in [5.41, 5.74) is 7.30. The van der Waals surface area contributed by atoms with Gasteiger partial charge in [-0.3, -0.25) is 0 Å². The molecule has 1 aliphatic carbocycles. The van der Waals surface area contributed by atoms with E-state index in [1.165, 1.54) is 51.7 Å². The van der Waals surface area contributed by atoms with E-state index in [0.717, 1.165) is 5.69 Å². The van der Waals surface area contributed by atoms with E-state index in [9.17, 15) is 4.39 Å². The maximum atomic E-state index is 13.6. The van der Waals surface area contributed by atoms with Gasteiger partial charge in [-0.2, -0.15) is 0 Å². The summed E-state index contributed by atoms with van der Waals surface area (Å²) in [6.07, 6.45) is 7.49. The quantitative estimate of drug-likeness (QED) is 0.671. The molecule has 0 saturated heterocycles. The van der Waals surface area contributed by atoms with E-state index in [1.54, 1.807) is 6.07 Å². The van der Waals surface area contributed by atoms with Crippen LogP contribution in [0.3, 0.4) is 0 Å². The molecule has 106 valence electrons. The maximum absolute atomic E-state index is 13.6. The number of nitrogens with two attached hydrogens (primary N) is 1. The van der Waals surface area contributed by atoms with Gasteiger partial charge in [0, 0.05) is 25.2 Å². The number of nitrogen functional groups attached to an aromatic ring is 1. The Balaban J connectivity index is 2.24. The van der Waals surface area contributed by atoms with Crippen LogP contribution in [-0.4, -0.2) is 20.2 Å². The van der Waals surface area contributed by atoms with E-state index in [-0.39, 0.29) is 5.75 Å². The molecule has 1 saturated carbocycles. The van der Waals surface area contributed by atoms with Crippen LogP contribution in [0.2, 0.25) is 0 Å². The average molecular weight is 266 g/mol. The fraction of sp³-hybridized carbons (Fsp3) is 0.600. The van der Waals surface area contributed by atoms with Crippen molar-refractivity contribution < 1.29 is 9.13 Å². The van der Waals surface area contributed by atoms with Crippen LogP contribution in [0.4, 0.5) is 15.8 Å². The predicted molar refractivity (Wildman–Crippen MR) is 77.3 cm³/mol. The molecule has 1 aromatic rings. The van der Waals surface area contributed by atoms with Crippen molar-refractivity contribution in [2.75, 3.05) is 24.8 Å². The lowest BCUT2D eigenvalue weighted by molar-refractivity contribution is 0.386. The van der Waals surface area contributed by atoms with Crippen molar-refractivity contribution >= 4 is 11.4 Å². The maximum Gasteiger partial charge on any atom is 0.167 e. The molecule has 2 N–H and O–H groups in total. The summed E-state index contributed by atoms with van der Waals surface area (Å²) >= 11 is 0. The third-order valence-corrected chi connectivity index (χ3v) is 4.05. The summed E-state index contributed by atoms with van der Waals surface area (Å²) in [6.45, 7) is 0. The Morgan fingerprint density at radius 3 is 2.42 bits per heavy atom. The molecule has 0 atom stereocenters. The number of benzene rings is 1. The van der Waals surface area contributed by atoms with E-state index in [0.29, 0.717) is 11.7 Å². The van der Waals surface area contributed by atoms with E-state index < -0.39 is 5.82 Å². The van der Waals surface area contributed by atoms with Crippen molar-refractivity contribution in [2.45, 2.75) is 44.6 Å². The van der Waals surface area contributed by atoms with Crippen LogP contribution in [0.25, 0.3) is 0 Å². The molecule has 4 heteroatoms. The summed E-state index contributed by atoms with van der Waals surface area (Å²) in [5, 5.41) is 0. The van der Waals surface area contributed by atoms with Crippen LogP contribution in [0.5, 0.6) is 5.75 Å². The first-order valence-electron chi connectivity index (χ1n) is 6.99. The minimum Gasteiger partial charge on any atom is -0.494 e. The SMILES string of the molecule is COc1cc(N(C)C2CCCCCC2)c(N)cc1F.